The molecular formula is C25H21N7O2S. The second kappa shape index (κ2) is 9.82. The normalized spacial score (nSPS) is 15.0. The average Bonchev–Trinajstić information content (AvgIpc) is 3.57. The molecule has 0 unspecified atom stereocenters. The Kier molecular flexibility index (Phi) is 6.27. The van der Waals surface area contributed by atoms with E-state index >= 15 is 0 Å². The Hall–Kier alpha value is -4.44. The van der Waals surface area contributed by atoms with E-state index in [1.165, 1.54) is 10.5 Å². The molecule has 0 bridgehead atoms. The molecule has 3 N–H and O–H groups in total. The molecule has 0 radical (unpaired) electrons. The molecule has 0 spiro atoms. The monoisotopic (exact) mass is 483 g/mol. The van der Waals surface area contributed by atoms with E-state index in [1.807, 2.05) is 66.7 Å². The second-order valence-corrected chi connectivity index (χ2v) is 8.40. The molecule has 4 aromatic rings. The van der Waals surface area contributed by atoms with Crippen molar-refractivity contribution < 1.29 is 9.59 Å². The third-order valence-electron chi connectivity index (χ3n) is 5.70. The molecule has 0 saturated carbocycles. The lowest BCUT2D eigenvalue weighted by Crippen LogP contribution is -2.54. The first kappa shape index (κ1) is 22.4. The van der Waals surface area contributed by atoms with Crippen LogP contribution in [0.15, 0.2) is 72.3 Å². The van der Waals surface area contributed by atoms with Crippen molar-refractivity contribution in [3.8, 4) is 22.6 Å². The Labute approximate surface area is 206 Å². The molecule has 174 valence electrons. The fourth-order valence-corrected chi connectivity index (χ4v) is 4.16. The van der Waals surface area contributed by atoms with Crippen LogP contribution in [0, 0.1) is 0 Å². The van der Waals surface area contributed by atoms with E-state index in [1.54, 1.807) is 6.08 Å². The van der Waals surface area contributed by atoms with E-state index in [-0.39, 0.29) is 10.7 Å². The molecule has 2 aromatic heterocycles. The summed E-state index contributed by atoms with van der Waals surface area (Å²) in [4.78, 5) is 30.3. The first-order chi connectivity index (χ1) is 17.1. The van der Waals surface area contributed by atoms with Gasteiger partial charge in [0.2, 0.25) is 0 Å². The van der Waals surface area contributed by atoms with Crippen LogP contribution in [0.3, 0.4) is 0 Å². The van der Waals surface area contributed by atoms with Crippen LogP contribution < -0.4 is 5.32 Å². The topological polar surface area (TPSA) is 120 Å². The van der Waals surface area contributed by atoms with Crippen molar-refractivity contribution in [1.82, 2.24) is 35.8 Å². The number of carbonyl (C=O) groups is 2. The first-order valence-corrected chi connectivity index (χ1v) is 11.5. The zero-order valence-corrected chi connectivity index (χ0v) is 19.4. The molecule has 1 aliphatic heterocycles. The minimum absolute atomic E-state index is 0.0416. The summed E-state index contributed by atoms with van der Waals surface area (Å²) in [5.74, 6) is -0.310. The summed E-state index contributed by atoms with van der Waals surface area (Å²) < 4.78 is 0. The zero-order chi connectivity index (χ0) is 24.2. The van der Waals surface area contributed by atoms with Crippen molar-refractivity contribution >= 4 is 35.2 Å². The number of tetrazole rings is 1. The lowest BCUT2D eigenvalue weighted by atomic mass is 10.1. The number of aromatic nitrogens is 5. The minimum atomic E-state index is -0.500. The predicted molar refractivity (Wildman–Crippen MR) is 135 cm³/mol. The molecule has 35 heavy (non-hydrogen) atoms. The number of rotatable bonds is 7. The quantitative estimate of drug-likeness (QED) is 0.211. The summed E-state index contributed by atoms with van der Waals surface area (Å²) >= 11 is 5.26. The number of nitrogens with zero attached hydrogens (tertiary/aromatic N) is 4. The molecule has 9 nitrogen and oxygen atoms in total. The number of carbonyl (C=O) groups excluding carboxylic acids is 2. The van der Waals surface area contributed by atoms with E-state index in [0.29, 0.717) is 18.1 Å². The summed E-state index contributed by atoms with van der Waals surface area (Å²) in [6.45, 7) is 0.424. The van der Waals surface area contributed by atoms with Crippen molar-refractivity contribution in [3.63, 3.8) is 0 Å². The fourth-order valence-electron chi connectivity index (χ4n) is 3.89. The highest BCUT2D eigenvalue weighted by Gasteiger charge is 2.33. The van der Waals surface area contributed by atoms with E-state index in [0.717, 1.165) is 29.7 Å². The van der Waals surface area contributed by atoms with Gasteiger partial charge in [0.1, 0.15) is 5.57 Å². The van der Waals surface area contributed by atoms with Crippen LogP contribution in [-0.2, 0) is 16.0 Å². The summed E-state index contributed by atoms with van der Waals surface area (Å²) in [6.07, 6.45) is 3.10. The van der Waals surface area contributed by atoms with Crippen LogP contribution in [0.25, 0.3) is 28.7 Å². The summed E-state index contributed by atoms with van der Waals surface area (Å²) in [6, 6.07) is 21.4. The minimum Gasteiger partial charge on any atom is -0.355 e. The number of amides is 2. The lowest BCUT2D eigenvalue weighted by Gasteiger charge is -2.28. The molecule has 5 rings (SSSR count). The van der Waals surface area contributed by atoms with Gasteiger partial charge >= 0.3 is 0 Å². The Bertz CT molecular complexity index is 1390. The van der Waals surface area contributed by atoms with Gasteiger partial charge in [-0.1, -0.05) is 54.6 Å². The van der Waals surface area contributed by atoms with Crippen molar-refractivity contribution in [3.05, 3.63) is 83.6 Å². The van der Waals surface area contributed by atoms with Crippen LogP contribution in [-0.4, -0.2) is 54.0 Å². The maximum atomic E-state index is 13.1. The molecular weight excluding hydrogens is 462 g/mol. The van der Waals surface area contributed by atoms with Crippen molar-refractivity contribution in [2.45, 2.75) is 12.8 Å². The van der Waals surface area contributed by atoms with E-state index in [2.05, 4.69) is 30.9 Å². The molecule has 2 amide bonds. The van der Waals surface area contributed by atoms with Gasteiger partial charge in [0, 0.05) is 23.5 Å². The molecule has 3 heterocycles. The number of thiocarbonyl (C=S) groups is 1. The first-order valence-electron chi connectivity index (χ1n) is 11.0. The van der Waals surface area contributed by atoms with Gasteiger partial charge in [-0.15, -0.1) is 5.10 Å². The van der Waals surface area contributed by atoms with Crippen LogP contribution >= 0.6 is 12.2 Å². The average molecular weight is 484 g/mol. The maximum Gasteiger partial charge on any atom is 0.265 e. The van der Waals surface area contributed by atoms with Crippen LogP contribution in [0.5, 0.6) is 0 Å². The van der Waals surface area contributed by atoms with Crippen molar-refractivity contribution in [2.75, 3.05) is 6.54 Å². The number of aryl methyl sites for hydroxylation is 1. The fraction of sp³-hybridized carbons (Fsp3) is 0.120. The van der Waals surface area contributed by atoms with E-state index < -0.39 is 11.8 Å². The standard InChI is InChI=1S/C25H21N7O2S/c33-23-20(24(34)32(25(35)27-23)14-4-7-16-5-2-1-3-6-16)15-19-12-13-21(26-19)17-8-10-18(11-9-17)22-28-30-31-29-22/h1-3,5-6,8-13,15,26H,4,7,14H2,(H,27,33,35)(H,28,29,30,31)/b20-15-. The van der Waals surface area contributed by atoms with Gasteiger partial charge < -0.3 is 4.98 Å². The highest BCUT2D eigenvalue weighted by molar-refractivity contribution is 7.80. The molecule has 1 saturated heterocycles. The highest BCUT2D eigenvalue weighted by atomic mass is 32.1. The Morgan fingerprint density at radius 1 is 0.943 bits per heavy atom. The molecule has 1 aliphatic rings. The summed E-state index contributed by atoms with van der Waals surface area (Å²) in [7, 11) is 0. The van der Waals surface area contributed by atoms with Gasteiger partial charge in [0.05, 0.1) is 0 Å². The molecule has 2 aromatic carbocycles. The molecule has 10 heteroatoms. The van der Waals surface area contributed by atoms with Crippen molar-refractivity contribution in [2.24, 2.45) is 0 Å². The molecule has 0 aliphatic carbocycles. The maximum absolute atomic E-state index is 13.1. The molecule has 0 atom stereocenters. The number of nitrogens with one attached hydrogen (secondary N) is 3. The third kappa shape index (κ3) is 4.92. The van der Waals surface area contributed by atoms with E-state index in [4.69, 9.17) is 12.2 Å². The van der Waals surface area contributed by atoms with Gasteiger partial charge in [-0.2, -0.15) is 0 Å². The number of H-pyrrole nitrogens is 2. The van der Waals surface area contributed by atoms with Crippen LogP contribution in [0.2, 0.25) is 0 Å². The van der Waals surface area contributed by atoms with Crippen molar-refractivity contribution in [1.29, 1.82) is 0 Å². The third-order valence-corrected chi connectivity index (χ3v) is 6.02. The van der Waals surface area contributed by atoms with Gasteiger partial charge in [-0.3, -0.25) is 19.8 Å². The largest absolute Gasteiger partial charge is 0.355 e. The molecule has 1 fully saturated rings. The Morgan fingerprint density at radius 3 is 2.46 bits per heavy atom. The van der Waals surface area contributed by atoms with Gasteiger partial charge in [0.15, 0.2) is 10.9 Å². The van der Waals surface area contributed by atoms with Gasteiger partial charge in [0.25, 0.3) is 11.8 Å². The number of hydrogen-bond donors (Lipinski definition) is 3. The number of hydrogen-bond acceptors (Lipinski definition) is 6. The SMILES string of the molecule is O=C1NC(=S)N(CCCc2ccccc2)C(=O)/C1=C\c1ccc(-c2ccc(-c3nnn[nH]3)cc2)[nH]1. The number of benzene rings is 2. The predicted octanol–water partition coefficient (Wildman–Crippen LogP) is 3.12. The van der Waals surface area contributed by atoms with E-state index in [9.17, 15) is 9.59 Å². The highest BCUT2D eigenvalue weighted by Crippen LogP contribution is 2.23. The van der Waals surface area contributed by atoms with Crippen LogP contribution in [0.4, 0.5) is 0 Å². The number of aromatic amines is 2. The summed E-state index contributed by atoms with van der Waals surface area (Å²) in [5.41, 5.74) is 4.51. The zero-order valence-electron chi connectivity index (χ0n) is 18.6. The van der Waals surface area contributed by atoms with Crippen LogP contribution in [0.1, 0.15) is 17.7 Å². The van der Waals surface area contributed by atoms with Gasteiger partial charge in [-0.25, -0.2) is 5.10 Å². The smallest absolute Gasteiger partial charge is 0.265 e. The van der Waals surface area contributed by atoms with Gasteiger partial charge in [-0.05, 0) is 64.8 Å². The second-order valence-electron chi connectivity index (χ2n) is 8.02. The summed E-state index contributed by atoms with van der Waals surface area (Å²) in [5, 5.41) is 16.6. The lowest BCUT2D eigenvalue weighted by molar-refractivity contribution is -0.128. The Balaban J connectivity index is 1.29. The Morgan fingerprint density at radius 2 is 1.71 bits per heavy atom.